The van der Waals surface area contributed by atoms with Gasteiger partial charge in [0.15, 0.2) is 0 Å². The second kappa shape index (κ2) is 4.42. The summed E-state index contributed by atoms with van der Waals surface area (Å²) in [4.78, 5) is 13.5. The largest absolute Gasteiger partial charge is 0.379 e. The zero-order valence-corrected chi connectivity index (χ0v) is 9.72. The summed E-state index contributed by atoms with van der Waals surface area (Å²) in [5, 5.41) is 7.64. The highest BCUT2D eigenvalue weighted by Gasteiger charge is 2.26. The Balaban J connectivity index is 2.06. The molecule has 0 aliphatic carbocycles. The van der Waals surface area contributed by atoms with Crippen LogP contribution in [0, 0.1) is 0 Å². The first-order chi connectivity index (χ1) is 7.18. The van der Waals surface area contributed by atoms with Gasteiger partial charge in [0.25, 0.3) is 5.91 Å². The van der Waals surface area contributed by atoms with Crippen LogP contribution in [0.15, 0.2) is 0 Å². The maximum Gasteiger partial charge on any atom is 0.284 e. The van der Waals surface area contributed by atoms with E-state index in [-0.39, 0.29) is 16.4 Å². The first-order valence-electron chi connectivity index (χ1n) is 4.52. The van der Waals surface area contributed by atoms with Crippen LogP contribution < -0.4 is 0 Å². The molecule has 0 radical (unpaired) electrons. The Kier molecular flexibility index (Phi) is 3.18. The summed E-state index contributed by atoms with van der Waals surface area (Å²) in [5.74, 6) is -0.144. The van der Waals surface area contributed by atoms with Crippen LogP contribution in [0.1, 0.15) is 16.2 Å². The highest BCUT2D eigenvalue weighted by Crippen LogP contribution is 2.19. The fourth-order valence-corrected chi connectivity index (χ4v) is 2.25. The minimum Gasteiger partial charge on any atom is -0.379 e. The fraction of sp³-hybridized carbons (Fsp3) is 0.625. The number of aromatic nitrogens is 2. The third kappa shape index (κ3) is 2.27. The second-order valence-corrected chi connectivity index (χ2v) is 4.85. The first kappa shape index (κ1) is 10.8. The van der Waals surface area contributed by atoms with Gasteiger partial charge in [0.1, 0.15) is 0 Å². The van der Waals surface area contributed by atoms with Gasteiger partial charge in [0, 0.05) is 13.7 Å². The normalized spacial score (nSPS) is 20.5. The third-order valence-corrected chi connectivity index (χ3v) is 3.36. The third-order valence-electron chi connectivity index (χ3n) is 2.36. The average Bonchev–Trinajstić information content (AvgIpc) is 2.85. The van der Waals surface area contributed by atoms with Gasteiger partial charge in [-0.05, 0) is 18.0 Å². The molecule has 1 aliphatic heterocycles. The molecule has 0 spiro atoms. The fourth-order valence-electron chi connectivity index (χ4n) is 1.44. The summed E-state index contributed by atoms with van der Waals surface area (Å²) < 4.78 is 5.50. The molecule has 0 saturated carbocycles. The standard InChI is InChI=1S/C8H10ClN3O2S/c1-12(5-2-3-14-4-5)7(13)6-10-11-8(9)15-6/h5H,2-4H2,1H3. The second-order valence-electron chi connectivity index (χ2n) is 3.29. The zero-order chi connectivity index (χ0) is 10.8. The van der Waals surface area contributed by atoms with E-state index in [2.05, 4.69) is 10.2 Å². The summed E-state index contributed by atoms with van der Waals surface area (Å²) in [5.41, 5.74) is 0. The Hall–Kier alpha value is -0.720. The number of carbonyl (C=O) groups excluding carboxylic acids is 1. The van der Waals surface area contributed by atoms with Gasteiger partial charge in [-0.1, -0.05) is 11.3 Å². The van der Waals surface area contributed by atoms with Crippen molar-refractivity contribution in [1.82, 2.24) is 15.1 Å². The molecule has 2 rings (SSSR count). The van der Waals surface area contributed by atoms with E-state index in [1.165, 1.54) is 0 Å². The Bertz CT molecular complexity index is 365. The van der Waals surface area contributed by atoms with Crippen molar-refractivity contribution >= 4 is 28.8 Å². The van der Waals surface area contributed by atoms with Crippen LogP contribution in [0.5, 0.6) is 0 Å². The van der Waals surface area contributed by atoms with Crippen LogP contribution >= 0.6 is 22.9 Å². The molecule has 1 aromatic heterocycles. The summed E-state index contributed by atoms with van der Waals surface area (Å²) in [6.45, 7) is 1.30. The number of amides is 1. The van der Waals surface area contributed by atoms with Gasteiger partial charge < -0.3 is 9.64 Å². The molecule has 5 nitrogen and oxygen atoms in total. The molecule has 1 unspecified atom stereocenters. The molecule has 0 aromatic carbocycles. The van der Waals surface area contributed by atoms with Crippen LogP contribution in [-0.2, 0) is 4.74 Å². The predicted octanol–water partition coefficient (Wildman–Crippen LogP) is 1.05. The lowest BCUT2D eigenvalue weighted by Crippen LogP contribution is -2.37. The van der Waals surface area contributed by atoms with Crippen LogP contribution in [0.3, 0.4) is 0 Å². The topological polar surface area (TPSA) is 55.3 Å². The number of rotatable bonds is 2. The van der Waals surface area contributed by atoms with Crippen molar-refractivity contribution in [2.75, 3.05) is 20.3 Å². The summed E-state index contributed by atoms with van der Waals surface area (Å²) in [6, 6.07) is 0.139. The van der Waals surface area contributed by atoms with Crippen molar-refractivity contribution in [2.24, 2.45) is 0 Å². The molecular formula is C8H10ClN3O2S. The average molecular weight is 248 g/mol. The smallest absolute Gasteiger partial charge is 0.284 e. The Morgan fingerprint density at radius 1 is 1.67 bits per heavy atom. The van der Waals surface area contributed by atoms with Gasteiger partial charge in [-0.25, -0.2) is 0 Å². The minimum atomic E-state index is -0.144. The van der Waals surface area contributed by atoms with Gasteiger partial charge in [0.2, 0.25) is 9.47 Å². The van der Waals surface area contributed by atoms with Crippen molar-refractivity contribution in [3.05, 3.63) is 9.47 Å². The van der Waals surface area contributed by atoms with Crippen molar-refractivity contribution in [1.29, 1.82) is 0 Å². The molecule has 1 atom stereocenters. The first-order valence-corrected chi connectivity index (χ1v) is 5.72. The predicted molar refractivity (Wildman–Crippen MR) is 56.2 cm³/mol. The lowest BCUT2D eigenvalue weighted by atomic mass is 10.2. The number of carbonyl (C=O) groups is 1. The molecule has 15 heavy (non-hydrogen) atoms. The lowest BCUT2D eigenvalue weighted by molar-refractivity contribution is 0.0710. The van der Waals surface area contributed by atoms with E-state index >= 15 is 0 Å². The lowest BCUT2D eigenvalue weighted by Gasteiger charge is -2.21. The van der Waals surface area contributed by atoms with E-state index in [1.54, 1.807) is 11.9 Å². The van der Waals surface area contributed by atoms with Crippen molar-refractivity contribution in [3.63, 3.8) is 0 Å². The van der Waals surface area contributed by atoms with E-state index in [9.17, 15) is 4.79 Å². The summed E-state index contributed by atoms with van der Waals surface area (Å²) in [7, 11) is 1.75. The zero-order valence-electron chi connectivity index (χ0n) is 8.14. The Morgan fingerprint density at radius 3 is 3.00 bits per heavy atom. The van der Waals surface area contributed by atoms with Gasteiger partial charge in [-0.3, -0.25) is 4.79 Å². The molecule has 7 heteroatoms. The van der Waals surface area contributed by atoms with E-state index in [0.717, 1.165) is 17.8 Å². The van der Waals surface area contributed by atoms with Crippen LogP contribution in [0.4, 0.5) is 0 Å². The molecule has 1 saturated heterocycles. The van der Waals surface area contributed by atoms with E-state index < -0.39 is 0 Å². The van der Waals surface area contributed by atoms with Gasteiger partial charge in [-0.2, -0.15) is 0 Å². The molecule has 1 aromatic rings. The Labute approximate surface area is 96.0 Å². The molecule has 2 heterocycles. The van der Waals surface area contributed by atoms with Crippen molar-refractivity contribution in [2.45, 2.75) is 12.5 Å². The number of likely N-dealkylation sites (N-methyl/N-ethyl adjacent to an activating group) is 1. The summed E-state index contributed by atoms with van der Waals surface area (Å²) >= 11 is 6.71. The van der Waals surface area contributed by atoms with Crippen LogP contribution in [0.2, 0.25) is 4.47 Å². The van der Waals surface area contributed by atoms with E-state index in [1.807, 2.05) is 0 Å². The number of hydrogen-bond acceptors (Lipinski definition) is 5. The maximum atomic E-state index is 11.9. The molecule has 1 fully saturated rings. The number of ether oxygens (including phenoxy) is 1. The molecule has 1 aliphatic rings. The molecule has 0 N–H and O–H groups in total. The SMILES string of the molecule is CN(C(=O)c1nnc(Cl)s1)C1CCOC1. The van der Waals surface area contributed by atoms with E-state index in [4.69, 9.17) is 16.3 Å². The number of nitrogens with zero attached hydrogens (tertiary/aromatic N) is 3. The quantitative estimate of drug-likeness (QED) is 0.784. The minimum absolute atomic E-state index is 0.139. The summed E-state index contributed by atoms with van der Waals surface area (Å²) in [6.07, 6.45) is 0.870. The van der Waals surface area contributed by atoms with Crippen molar-refractivity contribution < 1.29 is 9.53 Å². The van der Waals surface area contributed by atoms with E-state index in [0.29, 0.717) is 18.2 Å². The molecule has 82 valence electrons. The van der Waals surface area contributed by atoms with Gasteiger partial charge in [0.05, 0.1) is 12.6 Å². The highest BCUT2D eigenvalue weighted by atomic mass is 35.5. The van der Waals surface area contributed by atoms with Gasteiger partial charge in [-0.15, -0.1) is 10.2 Å². The van der Waals surface area contributed by atoms with Crippen LogP contribution in [-0.4, -0.2) is 47.3 Å². The molecule has 0 bridgehead atoms. The van der Waals surface area contributed by atoms with Crippen LogP contribution in [0.25, 0.3) is 0 Å². The number of hydrogen-bond donors (Lipinski definition) is 0. The van der Waals surface area contributed by atoms with Gasteiger partial charge >= 0.3 is 0 Å². The Morgan fingerprint density at radius 2 is 2.47 bits per heavy atom. The molecular weight excluding hydrogens is 238 g/mol. The number of halogens is 1. The van der Waals surface area contributed by atoms with Crippen molar-refractivity contribution in [3.8, 4) is 0 Å². The molecule has 1 amide bonds. The highest BCUT2D eigenvalue weighted by molar-refractivity contribution is 7.17. The monoisotopic (exact) mass is 247 g/mol. The maximum absolute atomic E-state index is 11.9.